The molecule has 1 atom stereocenters. The van der Waals surface area contributed by atoms with Crippen LogP contribution in [0, 0.1) is 0 Å². The quantitative estimate of drug-likeness (QED) is 0.764. The van der Waals surface area contributed by atoms with E-state index in [0.29, 0.717) is 12.1 Å². The Kier molecular flexibility index (Phi) is 2.46. The Bertz CT molecular complexity index is 305. The summed E-state index contributed by atoms with van der Waals surface area (Å²) in [6.07, 6.45) is 3.11. The molecular weight excluding hydrogens is 176 g/mol. The van der Waals surface area contributed by atoms with E-state index in [4.69, 9.17) is 5.73 Å². The molecule has 2 N–H and O–H groups in total. The average molecular weight is 194 g/mol. The van der Waals surface area contributed by atoms with Gasteiger partial charge in [0.15, 0.2) is 5.82 Å². The summed E-state index contributed by atoms with van der Waals surface area (Å²) in [6.45, 7) is 6.24. The van der Waals surface area contributed by atoms with Crippen molar-refractivity contribution in [3.8, 4) is 0 Å². The molecule has 1 fully saturated rings. The number of anilines is 1. The van der Waals surface area contributed by atoms with Crippen molar-refractivity contribution in [2.75, 3.05) is 18.0 Å². The van der Waals surface area contributed by atoms with Crippen LogP contribution in [0.3, 0.4) is 0 Å². The number of nitrogens with zero attached hydrogens (tertiary/aromatic N) is 3. The third-order valence-electron chi connectivity index (χ3n) is 2.67. The van der Waals surface area contributed by atoms with Crippen molar-refractivity contribution >= 4 is 5.82 Å². The molecule has 4 nitrogen and oxygen atoms in total. The summed E-state index contributed by atoms with van der Waals surface area (Å²) in [5.74, 6) is 1.06. The van der Waals surface area contributed by atoms with Gasteiger partial charge in [-0.1, -0.05) is 0 Å². The van der Waals surface area contributed by atoms with Gasteiger partial charge in [-0.05, 0) is 20.3 Å². The average Bonchev–Trinajstić information content (AvgIpc) is 2.70. The van der Waals surface area contributed by atoms with Crippen LogP contribution in [0.15, 0.2) is 12.3 Å². The molecule has 0 saturated carbocycles. The van der Waals surface area contributed by atoms with E-state index in [0.717, 1.165) is 25.3 Å². The van der Waals surface area contributed by atoms with Crippen molar-refractivity contribution in [1.29, 1.82) is 0 Å². The maximum atomic E-state index is 5.85. The molecule has 0 radical (unpaired) electrons. The van der Waals surface area contributed by atoms with Gasteiger partial charge in [0.25, 0.3) is 0 Å². The lowest BCUT2D eigenvalue weighted by Crippen LogP contribution is -2.26. The van der Waals surface area contributed by atoms with Gasteiger partial charge in [-0.2, -0.15) is 5.10 Å². The molecule has 0 amide bonds. The predicted molar refractivity (Wildman–Crippen MR) is 57.4 cm³/mol. The Labute approximate surface area is 84.7 Å². The highest BCUT2D eigenvalue weighted by molar-refractivity contribution is 5.38. The number of rotatable bonds is 2. The van der Waals surface area contributed by atoms with Crippen LogP contribution in [-0.4, -0.2) is 28.9 Å². The highest BCUT2D eigenvalue weighted by Gasteiger charge is 2.20. The molecule has 4 heteroatoms. The van der Waals surface area contributed by atoms with Crippen molar-refractivity contribution in [3.63, 3.8) is 0 Å². The minimum Gasteiger partial charge on any atom is -0.354 e. The van der Waals surface area contributed by atoms with Gasteiger partial charge in [0.05, 0.1) is 0 Å². The van der Waals surface area contributed by atoms with E-state index in [1.807, 2.05) is 10.9 Å². The minimum absolute atomic E-state index is 0.319. The van der Waals surface area contributed by atoms with Gasteiger partial charge < -0.3 is 10.6 Å². The number of hydrogen-bond acceptors (Lipinski definition) is 3. The van der Waals surface area contributed by atoms with Gasteiger partial charge in [-0.15, -0.1) is 0 Å². The van der Waals surface area contributed by atoms with E-state index in [2.05, 4.69) is 29.9 Å². The second-order valence-electron chi connectivity index (χ2n) is 4.24. The van der Waals surface area contributed by atoms with Gasteiger partial charge in [0.2, 0.25) is 0 Å². The largest absolute Gasteiger partial charge is 0.354 e. The highest BCUT2D eigenvalue weighted by atomic mass is 15.4. The zero-order chi connectivity index (χ0) is 10.1. The SMILES string of the molecule is CC(C)n1ccc(N2CCC(N)C2)n1. The molecule has 0 aromatic carbocycles. The van der Waals surface area contributed by atoms with Crippen LogP contribution < -0.4 is 10.6 Å². The van der Waals surface area contributed by atoms with E-state index in [1.54, 1.807) is 0 Å². The molecule has 2 heterocycles. The van der Waals surface area contributed by atoms with E-state index >= 15 is 0 Å². The third kappa shape index (κ3) is 1.75. The Hall–Kier alpha value is -1.03. The van der Waals surface area contributed by atoms with Gasteiger partial charge >= 0.3 is 0 Å². The fraction of sp³-hybridized carbons (Fsp3) is 0.700. The van der Waals surface area contributed by atoms with Crippen LogP contribution in [0.5, 0.6) is 0 Å². The summed E-state index contributed by atoms with van der Waals surface area (Å²) < 4.78 is 1.99. The second-order valence-corrected chi connectivity index (χ2v) is 4.24. The number of hydrogen-bond donors (Lipinski definition) is 1. The standard InChI is InChI=1S/C10H18N4/c1-8(2)14-6-4-10(12-14)13-5-3-9(11)7-13/h4,6,8-9H,3,5,7,11H2,1-2H3. The summed E-state index contributed by atoms with van der Waals surface area (Å²) in [5, 5.41) is 4.51. The highest BCUT2D eigenvalue weighted by Crippen LogP contribution is 2.18. The Morgan fingerprint density at radius 2 is 2.36 bits per heavy atom. The smallest absolute Gasteiger partial charge is 0.150 e. The molecular formula is C10H18N4. The Morgan fingerprint density at radius 3 is 2.86 bits per heavy atom. The Balaban J connectivity index is 2.09. The summed E-state index contributed by atoms with van der Waals surface area (Å²) >= 11 is 0. The molecule has 1 aliphatic heterocycles. The molecule has 2 rings (SSSR count). The van der Waals surface area contributed by atoms with Crippen molar-refractivity contribution < 1.29 is 0 Å². The van der Waals surface area contributed by atoms with Crippen LogP contribution in [-0.2, 0) is 0 Å². The molecule has 1 unspecified atom stereocenters. The van der Waals surface area contributed by atoms with Crippen LogP contribution >= 0.6 is 0 Å². The van der Waals surface area contributed by atoms with E-state index in [-0.39, 0.29) is 0 Å². The zero-order valence-corrected chi connectivity index (χ0v) is 8.85. The first kappa shape index (κ1) is 9.52. The zero-order valence-electron chi connectivity index (χ0n) is 8.85. The monoisotopic (exact) mass is 194 g/mol. The third-order valence-corrected chi connectivity index (χ3v) is 2.67. The van der Waals surface area contributed by atoms with Crippen molar-refractivity contribution in [2.24, 2.45) is 5.73 Å². The summed E-state index contributed by atoms with van der Waals surface area (Å²) in [6, 6.07) is 2.82. The van der Waals surface area contributed by atoms with Gasteiger partial charge in [0.1, 0.15) is 0 Å². The lowest BCUT2D eigenvalue weighted by molar-refractivity contribution is 0.531. The van der Waals surface area contributed by atoms with Gasteiger partial charge in [0, 0.05) is 37.4 Å². The summed E-state index contributed by atoms with van der Waals surface area (Å²) in [5.41, 5.74) is 5.85. The van der Waals surface area contributed by atoms with Gasteiger partial charge in [-0.3, -0.25) is 4.68 Å². The second kappa shape index (κ2) is 3.61. The fourth-order valence-electron chi connectivity index (χ4n) is 1.78. The van der Waals surface area contributed by atoms with Crippen LogP contribution in [0.25, 0.3) is 0 Å². The summed E-state index contributed by atoms with van der Waals surface area (Å²) in [7, 11) is 0. The van der Waals surface area contributed by atoms with Gasteiger partial charge in [-0.25, -0.2) is 0 Å². The van der Waals surface area contributed by atoms with E-state index in [9.17, 15) is 0 Å². The lowest BCUT2D eigenvalue weighted by atomic mass is 10.3. The van der Waals surface area contributed by atoms with Crippen molar-refractivity contribution in [2.45, 2.75) is 32.4 Å². The van der Waals surface area contributed by atoms with Crippen LogP contribution in [0.4, 0.5) is 5.82 Å². The number of nitrogens with two attached hydrogens (primary N) is 1. The van der Waals surface area contributed by atoms with Crippen molar-refractivity contribution in [3.05, 3.63) is 12.3 Å². The maximum absolute atomic E-state index is 5.85. The predicted octanol–water partition coefficient (Wildman–Crippen LogP) is 1.00. The lowest BCUT2D eigenvalue weighted by Gasteiger charge is -2.14. The van der Waals surface area contributed by atoms with Crippen molar-refractivity contribution in [1.82, 2.24) is 9.78 Å². The maximum Gasteiger partial charge on any atom is 0.150 e. The molecule has 1 saturated heterocycles. The first-order valence-corrected chi connectivity index (χ1v) is 5.22. The first-order chi connectivity index (χ1) is 6.66. The normalized spacial score (nSPS) is 22.3. The number of aromatic nitrogens is 2. The Morgan fingerprint density at radius 1 is 1.57 bits per heavy atom. The van der Waals surface area contributed by atoms with Crippen LogP contribution in [0.1, 0.15) is 26.3 Å². The van der Waals surface area contributed by atoms with E-state index in [1.165, 1.54) is 0 Å². The molecule has 1 aromatic heterocycles. The molecule has 1 aliphatic rings. The summed E-state index contributed by atoms with van der Waals surface area (Å²) in [4.78, 5) is 2.25. The molecule has 0 bridgehead atoms. The fourth-order valence-corrected chi connectivity index (χ4v) is 1.78. The van der Waals surface area contributed by atoms with Crippen LogP contribution in [0.2, 0.25) is 0 Å². The molecule has 0 spiro atoms. The molecule has 1 aromatic rings. The molecule has 14 heavy (non-hydrogen) atoms. The molecule has 0 aliphatic carbocycles. The molecule has 78 valence electrons. The van der Waals surface area contributed by atoms with E-state index < -0.39 is 0 Å². The topological polar surface area (TPSA) is 47.1 Å². The first-order valence-electron chi connectivity index (χ1n) is 5.22. The minimum atomic E-state index is 0.319.